The van der Waals surface area contributed by atoms with E-state index >= 15 is 0 Å². The minimum atomic E-state index is 0.980. The van der Waals surface area contributed by atoms with Gasteiger partial charge in [0, 0.05) is 23.9 Å². The van der Waals surface area contributed by atoms with Crippen molar-refractivity contribution in [3.63, 3.8) is 0 Å². The van der Waals surface area contributed by atoms with Gasteiger partial charge in [-0.05, 0) is 12.7 Å². The molecule has 0 radical (unpaired) electrons. The Bertz CT molecular complexity index is 464. The molecule has 2 aromatic rings. The first-order valence-corrected chi connectivity index (χ1v) is 8.56. The van der Waals surface area contributed by atoms with Crippen LogP contribution in [0.2, 0.25) is 0 Å². The molecule has 6 heteroatoms. The molecule has 92 valence electrons. The van der Waals surface area contributed by atoms with E-state index in [0.717, 1.165) is 34.4 Å². The van der Waals surface area contributed by atoms with Gasteiger partial charge in [0.1, 0.15) is 5.01 Å². The normalized spacial score (nSPS) is 10.7. The fourth-order valence-corrected chi connectivity index (χ4v) is 3.72. The minimum Gasteiger partial charge on any atom is -0.362 e. The molecule has 3 nitrogen and oxygen atoms in total. The summed E-state index contributed by atoms with van der Waals surface area (Å²) in [5.41, 5.74) is 1.04. The van der Waals surface area contributed by atoms with Gasteiger partial charge in [0.25, 0.3) is 0 Å². The van der Waals surface area contributed by atoms with E-state index in [1.165, 1.54) is 5.01 Å². The number of hydrogen-bond donors (Lipinski definition) is 1. The molecule has 0 saturated carbocycles. The summed E-state index contributed by atoms with van der Waals surface area (Å²) < 4.78 is 0. The van der Waals surface area contributed by atoms with Crippen LogP contribution >= 0.6 is 34.4 Å². The van der Waals surface area contributed by atoms with Gasteiger partial charge in [0.05, 0.1) is 10.6 Å². The first-order valence-electron chi connectivity index (χ1n) is 5.47. The molecule has 0 spiro atoms. The minimum absolute atomic E-state index is 0.980. The summed E-state index contributed by atoms with van der Waals surface area (Å²) in [6, 6.07) is 0. The summed E-state index contributed by atoms with van der Waals surface area (Å²) in [5.74, 6) is 0.982. The zero-order valence-electron chi connectivity index (χ0n) is 9.90. The Labute approximate surface area is 114 Å². The summed E-state index contributed by atoms with van der Waals surface area (Å²) in [7, 11) is 0. The van der Waals surface area contributed by atoms with Crippen molar-refractivity contribution in [3.05, 3.63) is 16.6 Å². The van der Waals surface area contributed by atoms with E-state index in [2.05, 4.69) is 33.8 Å². The Morgan fingerprint density at radius 3 is 3.12 bits per heavy atom. The van der Waals surface area contributed by atoms with Crippen LogP contribution in [-0.4, -0.2) is 22.8 Å². The number of nitrogens with one attached hydrogen (secondary N) is 1. The Hall–Kier alpha value is -0.590. The quantitative estimate of drug-likeness (QED) is 0.872. The molecule has 0 amide bonds. The van der Waals surface area contributed by atoms with E-state index in [9.17, 15) is 0 Å². The van der Waals surface area contributed by atoms with Crippen LogP contribution in [0.25, 0.3) is 10.6 Å². The molecular weight excluding hydrogens is 270 g/mol. The number of thioether (sulfide) groups is 1. The Balaban J connectivity index is 2.07. The summed E-state index contributed by atoms with van der Waals surface area (Å²) in [4.78, 5) is 10.1. The van der Waals surface area contributed by atoms with Gasteiger partial charge in [-0.1, -0.05) is 6.92 Å². The van der Waals surface area contributed by atoms with Crippen LogP contribution < -0.4 is 5.32 Å². The summed E-state index contributed by atoms with van der Waals surface area (Å²) >= 11 is 5.19. The molecule has 0 fully saturated rings. The molecule has 0 aromatic carbocycles. The van der Waals surface area contributed by atoms with Crippen LogP contribution in [0.5, 0.6) is 0 Å². The number of anilines is 1. The lowest BCUT2D eigenvalue weighted by Crippen LogP contribution is -1.98. The largest absolute Gasteiger partial charge is 0.362 e. The molecule has 1 N–H and O–H groups in total. The van der Waals surface area contributed by atoms with Gasteiger partial charge in [-0.2, -0.15) is 11.8 Å². The van der Waals surface area contributed by atoms with E-state index in [4.69, 9.17) is 0 Å². The second-order valence-electron chi connectivity index (χ2n) is 3.52. The number of nitrogens with zero attached hydrogens (tertiary/aromatic N) is 2. The van der Waals surface area contributed by atoms with Crippen LogP contribution in [0.4, 0.5) is 5.13 Å². The molecular formula is C11H15N3S3. The smallest absolute Gasteiger partial charge is 0.183 e. The predicted octanol–water partition coefficient (Wildman–Crippen LogP) is 3.95. The van der Waals surface area contributed by atoms with Crippen molar-refractivity contribution in [2.75, 3.05) is 18.1 Å². The number of aromatic nitrogens is 2. The molecule has 0 aliphatic heterocycles. The van der Waals surface area contributed by atoms with Gasteiger partial charge < -0.3 is 5.32 Å². The first-order chi connectivity index (χ1) is 8.33. The van der Waals surface area contributed by atoms with Crippen LogP contribution in [0.3, 0.4) is 0 Å². The molecule has 2 rings (SSSR count). The van der Waals surface area contributed by atoms with Crippen molar-refractivity contribution < 1.29 is 0 Å². The molecule has 0 atom stereocenters. The molecule has 0 unspecified atom stereocenters. The zero-order chi connectivity index (χ0) is 12.1. The fraction of sp³-hybridized carbons (Fsp3) is 0.455. The van der Waals surface area contributed by atoms with Gasteiger partial charge in [-0.3, -0.25) is 0 Å². The Morgan fingerprint density at radius 1 is 1.47 bits per heavy atom. The van der Waals surface area contributed by atoms with E-state index in [0.29, 0.717) is 0 Å². The topological polar surface area (TPSA) is 37.8 Å². The van der Waals surface area contributed by atoms with Gasteiger partial charge in [0.2, 0.25) is 0 Å². The van der Waals surface area contributed by atoms with E-state index in [1.54, 1.807) is 34.4 Å². The Morgan fingerprint density at radius 2 is 2.35 bits per heavy atom. The molecule has 0 aliphatic carbocycles. The highest BCUT2D eigenvalue weighted by molar-refractivity contribution is 7.97. The van der Waals surface area contributed by atoms with Crippen molar-refractivity contribution in [3.8, 4) is 10.6 Å². The van der Waals surface area contributed by atoms with Crippen LogP contribution in [-0.2, 0) is 5.75 Å². The van der Waals surface area contributed by atoms with E-state index < -0.39 is 0 Å². The van der Waals surface area contributed by atoms with Crippen molar-refractivity contribution in [2.45, 2.75) is 19.1 Å². The molecule has 2 heterocycles. The van der Waals surface area contributed by atoms with E-state index in [-0.39, 0.29) is 0 Å². The average molecular weight is 285 g/mol. The molecule has 0 saturated heterocycles. The maximum Gasteiger partial charge on any atom is 0.183 e. The SMILES string of the molecule is CCCNc1nc(-c2cnc(CSC)s2)cs1. The van der Waals surface area contributed by atoms with Gasteiger partial charge >= 0.3 is 0 Å². The van der Waals surface area contributed by atoms with Gasteiger partial charge in [0.15, 0.2) is 5.13 Å². The van der Waals surface area contributed by atoms with Crippen molar-refractivity contribution >= 4 is 39.6 Å². The van der Waals surface area contributed by atoms with Crippen LogP contribution in [0.15, 0.2) is 11.6 Å². The highest BCUT2D eigenvalue weighted by Gasteiger charge is 2.08. The summed E-state index contributed by atoms with van der Waals surface area (Å²) in [6.07, 6.45) is 5.14. The molecule has 17 heavy (non-hydrogen) atoms. The highest BCUT2D eigenvalue weighted by Crippen LogP contribution is 2.30. The molecule has 2 aromatic heterocycles. The van der Waals surface area contributed by atoms with Crippen molar-refractivity contribution in [2.24, 2.45) is 0 Å². The van der Waals surface area contributed by atoms with Crippen molar-refractivity contribution in [1.82, 2.24) is 9.97 Å². The average Bonchev–Trinajstić information content (AvgIpc) is 2.95. The van der Waals surface area contributed by atoms with Gasteiger partial charge in [-0.15, -0.1) is 22.7 Å². The maximum absolute atomic E-state index is 4.56. The fourth-order valence-electron chi connectivity index (χ4n) is 1.32. The number of rotatable bonds is 6. The second-order valence-corrected chi connectivity index (χ2v) is 6.36. The summed E-state index contributed by atoms with van der Waals surface area (Å²) in [6.45, 7) is 3.13. The number of hydrogen-bond acceptors (Lipinski definition) is 6. The van der Waals surface area contributed by atoms with Crippen molar-refractivity contribution in [1.29, 1.82) is 0 Å². The van der Waals surface area contributed by atoms with Gasteiger partial charge in [-0.25, -0.2) is 9.97 Å². The third kappa shape index (κ3) is 3.43. The van der Waals surface area contributed by atoms with E-state index in [1.807, 2.05) is 6.20 Å². The molecule has 0 bridgehead atoms. The third-order valence-electron chi connectivity index (χ3n) is 2.10. The lowest BCUT2D eigenvalue weighted by Gasteiger charge is -1.96. The predicted molar refractivity (Wildman–Crippen MR) is 79.2 cm³/mol. The second kappa shape index (κ2) is 6.37. The monoisotopic (exact) mass is 285 g/mol. The number of thiazole rings is 2. The zero-order valence-corrected chi connectivity index (χ0v) is 12.3. The lowest BCUT2D eigenvalue weighted by molar-refractivity contribution is 0.976. The maximum atomic E-state index is 4.56. The van der Waals surface area contributed by atoms with Crippen LogP contribution in [0.1, 0.15) is 18.4 Å². The lowest BCUT2D eigenvalue weighted by atomic mass is 10.4. The third-order valence-corrected chi connectivity index (χ3v) is 4.67. The molecule has 0 aliphatic rings. The van der Waals surface area contributed by atoms with Crippen LogP contribution in [0, 0.1) is 0 Å². The Kier molecular flexibility index (Phi) is 4.82. The standard InChI is InChI=1S/C11H15N3S3/c1-3-4-12-11-14-8(6-16-11)9-5-13-10(17-9)7-15-2/h5-6H,3-4,7H2,1-2H3,(H,12,14). The summed E-state index contributed by atoms with van der Waals surface area (Å²) in [5, 5.41) is 7.57. The first kappa shape index (κ1) is 12.9. The highest BCUT2D eigenvalue weighted by atomic mass is 32.2.